The maximum atomic E-state index is 12.3. The number of hydrogen-bond acceptors (Lipinski definition) is 3. The van der Waals surface area contributed by atoms with E-state index in [0.29, 0.717) is 19.3 Å². The highest BCUT2D eigenvalue weighted by Crippen LogP contribution is 2.30. The Labute approximate surface area is 150 Å². The third-order valence-corrected chi connectivity index (χ3v) is 4.27. The van der Waals surface area contributed by atoms with Gasteiger partial charge in [-0.15, -0.1) is 12.4 Å². The van der Waals surface area contributed by atoms with Gasteiger partial charge in [0, 0.05) is 24.3 Å². The van der Waals surface area contributed by atoms with Crippen LogP contribution in [0.15, 0.2) is 18.2 Å². The minimum absolute atomic E-state index is 0. The van der Waals surface area contributed by atoms with Crippen molar-refractivity contribution in [1.82, 2.24) is 0 Å². The van der Waals surface area contributed by atoms with Gasteiger partial charge in [-0.25, -0.2) is 0 Å². The van der Waals surface area contributed by atoms with E-state index in [2.05, 4.69) is 12.2 Å². The second-order valence-corrected chi connectivity index (χ2v) is 6.51. The Balaban J connectivity index is 0.00000288. The molecule has 1 aliphatic rings. The summed E-state index contributed by atoms with van der Waals surface area (Å²) in [6, 6.07) is 5.73. The number of nitrogens with two attached hydrogens (primary N) is 1. The first-order chi connectivity index (χ1) is 10.9. The molecule has 1 unspecified atom stereocenters. The van der Waals surface area contributed by atoms with E-state index in [1.165, 1.54) is 0 Å². The van der Waals surface area contributed by atoms with Crippen molar-refractivity contribution in [2.24, 2.45) is 5.73 Å². The first-order valence-corrected chi connectivity index (χ1v) is 8.42. The van der Waals surface area contributed by atoms with Gasteiger partial charge in [0.25, 0.3) is 0 Å². The second kappa shape index (κ2) is 8.49. The van der Waals surface area contributed by atoms with Crippen molar-refractivity contribution < 1.29 is 9.59 Å². The Kier molecular flexibility index (Phi) is 7.24. The number of fused-ring (bicyclic) bond motifs is 1. The molecule has 1 aliphatic heterocycles. The van der Waals surface area contributed by atoms with Crippen LogP contribution in [-0.4, -0.2) is 23.9 Å². The number of carbonyl (C=O) groups is 2. The van der Waals surface area contributed by atoms with Crippen molar-refractivity contribution >= 4 is 35.6 Å². The molecule has 2 amide bonds. The third kappa shape index (κ3) is 4.48. The Morgan fingerprint density at radius 1 is 1.29 bits per heavy atom. The number of nitrogens with one attached hydrogen (secondary N) is 1. The molecule has 0 spiro atoms. The summed E-state index contributed by atoms with van der Waals surface area (Å²) in [5.74, 6) is 0.00483. The van der Waals surface area contributed by atoms with E-state index in [0.717, 1.165) is 36.3 Å². The second-order valence-electron chi connectivity index (χ2n) is 6.51. The zero-order valence-electron chi connectivity index (χ0n) is 14.7. The molecule has 0 fully saturated rings. The lowest BCUT2D eigenvalue weighted by Gasteiger charge is -2.30. The van der Waals surface area contributed by atoms with Gasteiger partial charge in [-0.2, -0.15) is 0 Å². The average Bonchev–Trinajstić information content (AvgIpc) is 2.50. The molecule has 0 aliphatic carbocycles. The SMILES string of the molecule is CCCN1C(=O)CCc2cc(NC(=O)C(C)(N)CCC)ccc21.Cl. The summed E-state index contributed by atoms with van der Waals surface area (Å²) in [4.78, 5) is 26.2. The number of anilines is 2. The van der Waals surface area contributed by atoms with Crippen molar-refractivity contribution in [2.75, 3.05) is 16.8 Å². The van der Waals surface area contributed by atoms with Gasteiger partial charge in [0.15, 0.2) is 0 Å². The Bertz CT molecular complexity index is 602. The summed E-state index contributed by atoms with van der Waals surface area (Å²) in [6.45, 7) is 6.56. The van der Waals surface area contributed by atoms with Crippen LogP contribution < -0.4 is 16.0 Å². The van der Waals surface area contributed by atoms with Crippen LogP contribution in [0.4, 0.5) is 11.4 Å². The van der Waals surface area contributed by atoms with Crippen LogP contribution in [-0.2, 0) is 16.0 Å². The number of rotatable bonds is 6. The fourth-order valence-corrected chi connectivity index (χ4v) is 3.01. The standard InChI is InChI=1S/C18H27N3O2.ClH/c1-4-10-18(3,19)17(23)20-14-7-8-15-13(12-14)6-9-16(22)21(15)11-5-2;/h7-8,12H,4-6,9-11,19H2,1-3H3,(H,20,23);1H. The van der Waals surface area contributed by atoms with Crippen LogP contribution in [0.25, 0.3) is 0 Å². The van der Waals surface area contributed by atoms with Crippen LogP contribution in [0.5, 0.6) is 0 Å². The zero-order valence-corrected chi connectivity index (χ0v) is 15.5. The fraction of sp³-hybridized carbons (Fsp3) is 0.556. The molecule has 0 bridgehead atoms. The number of carbonyl (C=O) groups excluding carboxylic acids is 2. The lowest BCUT2D eigenvalue weighted by Crippen LogP contribution is -2.48. The van der Waals surface area contributed by atoms with Gasteiger partial charge in [-0.3, -0.25) is 9.59 Å². The van der Waals surface area contributed by atoms with Crippen molar-refractivity contribution in [3.8, 4) is 0 Å². The monoisotopic (exact) mass is 353 g/mol. The van der Waals surface area contributed by atoms with Crippen molar-refractivity contribution in [2.45, 2.75) is 58.4 Å². The maximum absolute atomic E-state index is 12.3. The van der Waals surface area contributed by atoms with Crippen molar-refractivity contribution in [3.63, 3.8) is 0 Å². The minimum atomic E-state index is -0.866. The lowest BCUT2D eigenvalue weighted by molar-refractivity contribution is -0.121. The molecule has 0 aromatic heterocycles. The van der Waals surface area contributed by atoms with E-state index in [1.807, 2.05) is 30.0 Å². The summed E-state index contributed by atoms with van der Waals surface area (Å²) in [5.41, 5.74) is 8.01. The molecule has 1 aromatic rings. The molecule has 2 rings (SSSR count). The molecular weight excluding hydrogens is 326 g/mol. The highest BCUT2D eigenvalue weighted by molar-refractivity contribution is 5.99. The first-order valence-electron chi connectivity index (χ1n) is 8.42. The number of hydrogen-bond donors (Lipinski definition) is 2. The van der Waals surface area contributed by atoms with E-state index in [9.17, 15) is 9.59 Å². The summed E-state index contributed by atoms with van der Waals surface area (Å²) in [5, 5.41) is 2.91. The van der Waals surface area contributed by atoms with E-state index in [4.69, 9.17) is 5.73 Å². The normalized spacial score (nSPS) is 16.0. The van der Waals surface area contributed by atoms with Gasteiger partial charge in [-0.1, -0.05) is 20.3 Å². The molecule has 5 nitrogen and oxygen atoms in total. The number of halogens is 1. The van der Waals surface area contributed by atoms with Crippen LogP contribution in [0.2, 0.25) is 0 Å². The molecule has 1 atom stereocenters. The Morgan fingerprint density at radius 2 is 2.00 bits per heavy atom. The molecule has 0 saturated heterocycles. The highest BCUT2D eigenvalue weighted by Gasteiger charge is 2.28. The number of nitrogens with zero attached hydrogens (tertiary/aromatic N) is 1. The minimum Gasteiger partial charge on any atom is -0.324 e. The zero-order chi connectivity index (χ0) is 17.0. The van der Waals surface area contributed by atoms with Gasteiger partial charge in [0.2, 0.25) is 11.8 Å². The largest absolute Gasteiger partial charge is 0.324 e. The van der Waals surface area contributed by atoms with Crippen LogP contribution in [0, 0.1) is 0 Å². The van der Waals surface area contributed by atoms with E-state index in [1.54, 1.807) is 6.92 Å². The molecule has 134 valence electrons. The average molecular weight is 354 g/mol. The van der Waals surface area contributed by atoms with Crippen LogP contribution in [0.3, 0.4) is 0 Å². The van der Waals surface area contributed by atoms with Gasteiger partial charge < -0.3 is 16.0 Å². The predicted molar refractivity (Wildman–Crippen MR) is 101 cm³/mol. The summed E-state index contributed by atoms with van der Waals surface area (Å²) >= 11 is 0. The topological polar surface area (TPSA) is 75.4 Å². The first kappa shape index (κ1) is 20.5. The Morgan fingerprint density at radius 3 is 2.62 bits per heavy atom. The van der Waals surface area contributed by atoms with Crippen molar-refractivity contribution in [3.05, 3.63) is 23.8 Å². The third-order valence-electron chi connectivity index (χ3n) is 4.27. The predicted octanol–water partition coefficient (Wildman–Crippen LogP) is 3.25. The molecule has 1 heterocycles. The molecule has 24 heavy (non-hydrogen) atoms. The molecule has 0 saturated carbocycles. The van der Waals surface area contributed by atoms with E-state index >= 15 is 0 Å². The van der Waals surface area contributed by atoms with Crippen LogP contribution in [0.1, 0.15) is 52.0 Å². The van der Waals surface area contributed by atoms with Crippen LogP contribution >= 0.6 is 12.4 Å². The summed E-state index contributed by atoms with van der Waals surface area (Å²) in [6.07, 6.45) is 3.66. The van der Waals surface area contributed by atoms with Gasteiger partial charge in [0.1, 0.15) is 0 Å². The van der Waals surface area contributed by atoms with Gasteiger partial charge in [0.05, 0.1) is 5.54 Å². The van der Waals surface area contributed by atoms with Crippen molar-refractivity contribution in [1.29, 1.82) is 0 Å². The fourth-order valence-electron chi connectivity index (χ4n) is 3.01. The Hall–Kier alpha value is -1.59. The highest BCUT2D eigenvalue weighted by atomic mass is 35.5. The molecule has 1 aromatic carbocycles. The molecular formula is C18H28ClN3O2. The molecule has 3 N–H and O–H groups in total. The lowest BCUT2D eigenvalue weighted by atomic mass is 9.96. The van der Waals surface area contributed by atoms with Gasteiger partial charge in [-0.05, 0) is 49.9 Å². The summed E-state index contributed by atoms with van der Waals surface area (Å²) in [7, 11) is 0. The quantitative estimate of drug-likeness (QED) is 0.824. The molecule has 6 heteroatoms. The van der Waals surface area contributed by atoms with E-state index in [-0.39, 0.29) is 24.2 Å². The number of amides is 2. The number of aryl methyl sites for hydroxylation is 1. The number of benzene rings is 1. The molecule has 0 radical (unpaired) electrons. The summed E-state index contributed by atoms with van der Waals surface area (Å²) < 4.78 is 0. The maximum Gasteiger partial charge on any atom is 0.244 e. The van der Waals surface area contributed by atoms with E-state index < -0.39 is 5.54 Å². The van der Waals surface area contributed by atoms with Gasteiger partial charge >= 0.3 is 0 Å². The smallest absolute Gasteiger partial charge is 0.244 e.